The molecule has 1 aromatic heterocycles. The zero-order chi connectivity index (χ0) is 14.7. The van der Waals surface area contributed by atoms with E-state index in [4.69, 9.17) is 10.5 Å². The largest absolute Gasteiger partial charge is 0.439 e. The Morgan fingerprint density at radius 1 is 1.35 bits per heavy atom. The summed E-state index contributed by atoms with van der Waals surface area (Å²) in [5, 5.41) is 11.2. The number of aryl methyl sites for hydroxylation is 1. The van der Waals surface area contributed by atoms with Crippen LogP contribution in [-0.4, -0.2) is 21.1 Å². The molecule has 0 aliphatic carbocycles. The highest BCUT2D eigenvalue weighted by molar-refractivity contribution is 7.98. The van der Waals surface area contributed by atoms with Crippen molar-refractivity contribution in [2.75, 3.05) is 12.0 Å². The summed E-state index contributed by atoms with van der Waals surface area (Å²) in [5.74, 6) is 1.10. The molecule has 8 heteroatoms. The van der Waals surface area contributed by atoms with Gasteiger partial charge >= 0.3 is 0 Å². The van der Waals surface area contributed by atoms with Crippen LogP contribution in [0.15, 0.2) is 29.4 Å². The predicted octanol–water partition coefficient (Wildman–Crippen LogP) is 2.79. The molecule has 7 nitrogen and oxygen atoms in total. The van der Waals surface area contributed by atoms with Crippen LogP contribution in [0, 0.1) is 17.0 Å². The van der Waals surface area contributed by atoms with Crippen LogP contribution in [0.4, 0.5) is 11.5 Å². The van der Waals surface area contributed by atoms with Gasteiger partial charge < -0.3 is 10.5 Å². The lowest BCUT2D eigenvalue weighted by molar-refractivity contribution is -0.384. The van der Waals surface area contributed by atoms with Gasteiger partial charge in [0, 0.05) is 18.2 Å². The Morgan fingerprint density at radius 3 is 2.70 bits per heavy atom. The van der Waals surface area contributed by atoms with Crippen molar-refractivity contribution in [1.29, 1.82) is 0 Å². The maximum atomic E-state index is 10.7. The second kappa shape index (κ2) is 5.74. The Kier molecular flexibility index (Phi) is 4.04. The number of nitrogen functional groups attached to an aromatic ring is 1. The Bertz CT molecular complexity index is 663. The van der Waals surface area contributed by atoms with E-state index in [1.807, 2.05) is 6.26 Å². The van der Waals surface area contributed by atoms with E-state index in [9.17, 15) is 10.1 Å². The molecule has 1 heterocycles. The molecule has 0 unspecified atom stereocenters. The molecule has 2 rings (SSSR count). The van der Waals surface area contributed by atoms with Gasteiger partial charge in [0.1, 0.15) is 11.6 Å². The fraction of sp³-hybridized carbons (Fsp3) is 0.167. The topological polar surface area (TPSA) is 104 Å². The molecule has 0 atom stereocenters. The van der Waals surface area contributed by atoms with E-state index < -0.39 is 4.92 Å². The third-order valence-electron chi connectivity index (χ3n) is 2.47. The number of nitrogens with zero attached hydrogens (tertiary/aromatic N) is 3. The summed E-state index contributed by atoms with van der Waals surface area (Å²) in [6.45, 7) is 1.72. The smallest absolute Gasteiger partial charge is 0.269 e. The van der Waals surface area contributed by atoms with Crippen molar-refractivity contribution in [2.24, 2.45) is 0 Å². The number of thioether (sulfide) groups is 1. The number of nitro groups is 1. The summed E-state index contributed by atoms with van der Waals surface area (Å²) in [7, 11) is 0. The van der Waals surface area contributed by atoms with Crippen LogP contribution >= 0.6 is 11.8 Å². The average molecular weight is 292 g/mol. The van der Waals surface area contributed by atoms with Crippen molar-refractivity contribution >= 4 is 23.3 Å². The number of hydrogen-bond donors (Lipinski definition) is 1. The van der Waals surface area contributed by atoms with Gasteiger partial charge in [0.05, 0.1) is 4.92 Å². The molecule has 0 bridgehead atoms. The van der Waals surface area contributed by atoms with Crippen LogP contribution in [0.3, 0.4) is 0 Å². The van der Waals surface area contributed by atoms with Crippen LogP contribution in [0.25, 0.3) is 0 Å². The number of hydrogen-bond acceptors (Lipinski definition) is 7. The lowest BCUT2D eigenvalue weighted by Gasteiger charge is -2.08. The Balaban J connectivity index is 2.30. The monoisotopic (exact) mass is 292 g/mol. The number of rotatable bonds is 4. The molecule has 2 N–H and O–H groups in total. The maximum Gasteiger partial charge on any atom is 0.269 e. The molecule has 104 valence electrons. The van der Waals surface area contributed by atoms with E-state index in [1.54, 1.807) is 6.92 Å². The molecule has 0 saturated carbocycles. The number of benzene rings is 1. The first kappa shape index (κ1) is 14.1. The summed E-state index contributed by atoms with van der Waals surface area (Å²) >= 11 is 1.35. The fourth-order valence-electron chi connectivity index (χ4n) is 1.54. The molecule has 0 saturated heterocycles. The first-order valence-corrected chi connectivity index (χ1v) is 6.83. The number of ether oxygens (including phenoxy) is 1. The van der Waals surface area contributed by atoms with E-state index in [0.717, 1.165) is 0 Å². The van der Waals surface area contributed by atoms with E-state index in [2.05, 4.69) is 9.97 Å². The van der Waals surface area contributed by atoms with E-state index in [0.29, 0.717) is 28.2 Å². The third kappa shape index (κ3) is 3.15. The van der Waals surface area contributed by atoms with Gasteiger partial charge in [-0.15, -0.1) is 0 Å². The van der Waals surface area contributed by atoms with Gasteiger partial charge in [-0.25, -0.2) is 4.98 Å². The molecule has 0 aliphatic heterocycles. The quantitative estimate of drug-likeness (QED) is 0.400. The molecule has 0 amide bonds. The minimum absolute atomic E-state index is 0.0156. The first-order valence-electron chi connectivity index (χ1n) is 5.61. The summed E-state index contributed by atoms with van der Waals surface area (Å²) in [6.07, 6.45) is 1.83. The van der Waals surface area contributed by atoms with Crippen molar-refractivity contribution in [2.45, 2.75) is 12.1 Å². The second-order valence-corrected chi connectivity index (χ2v) is 4.70. The average Bonchev–Trinajstić information content (AvgIpc) is 2.40. The summed E-state index contributed by atoms with van der Waals surface area (Å²) in [6, 6.07) is 5.85. The Labute approximate surface area is 119 Å². The number of anilines is 1. The van der Waals surface area contributed by atoms with Crippen molar-refractivity contribution < 1.29 is 9.66 Å². The van der Waals surface area contributed by atoms with Crippen LogP contribution in [0.1, 0.15) is 5.56 Å². The lowest BCUT2D eigenvalue weighted by Crippen LogP contribution is -1.98. The van der Waals surface area contributed by atoms with Crippen LogP contribution in [-0.2, 0) is 0 Å². The summed E-state index contributed by atoms with van der Waals surface area (Å²) in [4.78, 5) is 18.4. The van der Waals surface area contributed by atoms with E-state index in [1.165, 1.54) is 36.0 Å². The molecule has 0 aliphatic rings. The highest BCUT2D eigenvalue weighted by Gasteiger charge is 2.11. The molecule has 0 spiro atoms. The van der Waals surface area contributed by atoms with Gasteiger partial charge in [-0.3, -0.25) is 10.1 Å². The summed E-state index contributed by atoms with van der Waals surface area (Å²) in [5.41, 5.74) is 6.31. The first-order chi connectivity index (χ1) is 9.49. The standard InChI is InChI=1S/C12H12N4O3S/c1-7-5-8(16(17)18)3-4-9(7)19-11-6-10(13)14-12(15-11)20-2/h3-6H,1-2H3,(H2,13,14,15). The molecular formula is C12H12N4O3S. The van der Waals surface area contributed by atoms with Gasteiger partial charge in [0.2, 0.25) is 5.88 Å². The molecule has 0 radical (unpaired) electrons. The van der Waals surface area contributed by atoms with Gasteiger partial charge in [0.25, 0.3) is 5.69 Å². The Hall–Kier alpha value is -2.35. The molecule has 2 aromatic rings. The fourth-order valence-corrected chi connectivity index (χ4v) is 1.92. The minimum atomic E-state index is -0.453. The van der Waals surface area contributed by atoms with Crippen LogP contribution in [0.2, 0.25) is 0 Å². The number of nitrogens with two attached hydrogens (primary N) is 1. The van der Waals surface area contributed by atoms with Crippen molar-refractivity contribution in [3.8, 4) is 11.6 Å². The zero-order valence-electron chi connectivity index (χ0n) is 10.9. The molecule has 0 fully saturated rings. The molecule has 20 heavy (non-hydrogen) atoms. The predicted molar refractivity (Wildman–Crippen MR) is 76.1 cm³/mol. The van der Waals surface area contributed by atoms with E-state index in [-0.39, 0.29) is 5.69 Å². The second-order valence-electron chi connectivity index (χ2n) is 3.93. The normalized spacial score (nSPS) is 10.3. The third-order valence-corrected chi connectivity index (χ3v) is 3.02. The van der Waals surface area contributed by atoms with Crippen LogP contribution < -0.4 is 10.5 Å². The van der Waals surface area contributed by atoms with Gasteiger partial charge in [0.15, 0.2) is 5.16 Å². The van der Waals surface area contributed by atoms with Gasteiger partial charge in [-0.2, -0.15) is 4.98 Å². The lowest BCUT2D eigenvalue weighted by atomic mass is 10.2. The van der Waals surface area contributed by atoms with Crippen molar-refractivity contribution in [3.05, 3.63) is 39.9 Å². The number of nitro benzene ring substituents is 1. The SMILES string of the molecule is CSc1nc(N)cc(Oc2ccc([N+](=O)[O-])cc2C)n1. The van der Waals surface area contributed by atoms with Gasteiger partial charge in [-0.05, 0) is 24.8 Å². The molecule has 1 aromatic carbocycles. The van der Waals surface area contributed by atoms with E-state index >= 15 is 0 Å². The summed E-state index contributed by atoms with van der Waals surface area (Å²) < 4.78 is 5.60. The number of non-ortho nitro benzene ring substituents is 1. The zero-order valence-corrected chi connectivity index (χ0v) is 11.7. The molecular weight excluding hydrogens is 280 g/mol. The highest BCUT2D eigenvalue weighted by atomic mass is 32.2. The maximum absolute atomic E-state index is 10.7. The van der Waals surface area contributed by atoms with Crippen LogP contribution in [0.5, 0.6) is 11.6 Å². The van der Waals surface area contributed by atoms with Crippen molar-refractivity contribution in [3.63, 3.8) is 0 Å². The minimum Gasteiger partial charge on any atom is -0.439 e. The Morgan fingerprint density at radius 2 is 2.10 bits per heavy atom. The number of aromatic nitrogens is 2. The highest BCUT2D eigenvalue weighted by Crippen LogP contribution is 2.28. The van der Waals surface area contributed by atoms with Gasteiger partial charge in [-0.1, -0.05) is 11.8 Å². The van der Waals surface area contributed by atoms with Crippen molar-refractivity contribution in [1.82, 2.24) is 9.97 Å².